The fourth-order valence-corrected chi connectivity index (χ4v) is 2.42. The van der Waals surface area contributed by atoms with E-state index >= 15 is 0 Å². The van der Waals surface area contributed by atoms with Gasteiger partial charge in [0.15, 0.2) is 0 Å². The van der Waals surface area contributed by atoms with Gasteiger partial charge in [-0.25, -0.2) is 0 Å². The predicted molar refractivity (Wildman–Crippen MR) is 88.7 cm³/mol. The van der Waals surface area contributed by atoms with E-state index in [4.69, 9.17) is 0 Å². The Kier molecular flexibility index (Phi) is 4.17. The Labute approximate surface area is 123 Å². The van der Waals surface area contributed by atoms with Crippen LogP contribution < -0.4 is 5.32 Å². The highest BCUT2D eigenvalue weighted by atomic mass is 14.8. The maximum absolute atomic E-state index is 3.20. The molecule has 0 aliphatic carbocycles. The maximum Gasteiger partial charge on any atom is 0.0340 e. The van der Waals surface area contributed by atoms with Crippen LogP contribution in [0.3, 0.4) is 0 Å². The lowest BCUT2D eigenvalue weighted by Crippen LogP contribution is -2.11. The second kappa shape index (κ2) is 5.70. The van der Waals surface area contributed by atoms with Crippen molar-refractivity contribution in [1.82, 2.24) is 0 Å². The van der Waals surface area contributed by atoms with Gasteiger partial charge < -0.3 is 5.32 Å². The van der Waals surface area contributed by atoms with E-state index in [0.29, 0.717) is 0 Å². The molecule has 0 saturated heterocycles. The number of rotatable bonds is 3. The maximum atomic E-state index is 3.20. The van der Waals surface area contributed by atoms with E-state index in [1.807, 2.05) is 7.05 Å². The summed E-state index contributed by atoms with van der Waals surface area (Å²) in [5.74, 6) is 0. The number of nitrogens with one attached hydrogen (secondary N) is 1. The topological polar surface area (TPSA) is 12.0 Å². The average molecular weight is 267 g/mol. The second-order valence-corrected chi connectivity index (χ2v) is 6.52. The molecule has 1 heteroatoms. The highest BCUT2D eigenvalue weighted by molar-refractivity contribution is 5.47. The molecule has 0 amide bonds. The van der Waals surface area contributed by atoms with Crippen molar-refractivity contribution >= 4 is 5.69 Å². The van der Waals surface area contributed by atoms with E-state index in [9.17, 15) is 0 Å². The van der Waals surface area contributed by atoms with Crippen LogP contribution in [-0.4, -0.2) is 7.05 Å². The van der Waals surface area contributed by atoms with Crippen molar-refractivity contribution in [2.24, 2.45) is 0 Å². The third-order valence-corrected chi connectivity index (χ3v) is 3.82. The third-order valence-electron chi connectivity index (χ3n) is 3.82. The molecule has 1 N–H and O–H groups in total. The minimum Gasteiger partial charge on any atom is -0.388 e. The molecular formula is C19H25N. The number of hydrogen-bond acceptors (Lipinski definition) is 1. The average Bonchev–Trinajstić information content (AvgIpc) is 2.40. The molecule has 2 rings (SSSR count). The Morgan fingerprint density at radius 2 is 1.75 bits per heavy atom. The standard InChI is InChI=1S/C19H25N/c1-14-11-17(19(2,3)4)10-9-16(14)12-15-7-6-8-18(13-15)20-5/h6-11,13,20H,12H2,1-5H3. The van der Waals surface area contributed by atoms with Crippen LogP contribution in [0.15, 0.2) is 42.5 Å². The van der Waals surface area contributed by atoms with Crippen molar-refractivity contribution in [1.29, 1.82) is 0 Å². The van der Waals surface area contributed by atoms with Gasteiger partial charge in [0.1, 0.15) is 0 Å². The van der Waals surface area contributed by atoms with E-state index in [-0.39, 0.29) is 5.41 Å². The van der Waals surface area contributed by atoms with E-state index in [0.717, 1.165) is 6.42 Å². The fraction of sp³-hybridized carbons (Fsp3) is 0.368. The molecule has 0 aliphatic rings. The molecule has 0 atom stereocenters. The zero-order valence-corrected chi connectivity index (χ0v) is 13.2. The third kappa shape index (κ3) is 3.41. The zero-order valence-electron chi connectivity index (χ0n) is 13.2. The minimum absolute atomic E-state index is 0.218. The Bertz CT molecular complexity index is 591. The molecular weight excluding hydrogens is 242 g/mol. The lowest BCUT2D eigenvalue weighted by molar-refractivity contribution is 0.589. The van der Waals surface area contributed by atoms with Crippen LogP contribution in [0.4, 0.5) is 5.69 Å². The summed E-state index contributed by atoms with van der Waals surface area (Å²) >= 11 is 0. The van der Waals surface area contributed by atoms with Crippen molar-refractivity contribution in [2.45, 2.75) is 39.5 Å². The Balaban J connectivity index is 2.25. The first kappa shape index (κ1) is 14.6. The summed E-state index contributed by atoms with van der Waals surface area (Å²) in [5, 5.41) is 3.20. The number of anilines is 1. The van der Waals surface area contributed by atoms with Gasteiger partial charge in [0.2, 0.25) is 0 Å². The Hall–Kier alpha value is -1.76. The van der Waals surface area contributed by atoms with E-state index < -0.39 is 0 Å². The second-order valence-electron chi connectivity index (χ2n) is 6.52. The first-order chi connectivity index (χ1) is 9.40. The molecule has 0 aromatic heterocycles. The lowest BCUT2D eigenvalue weighted by atomic mass is 9.85. The molecule has 2 aromatic rings. The first-order valence-corrected chi connectivity index (χ1v) is 7.27. The molecule has 0 unspecified atom stereocenters. The largest absolute Gasteiger partial charge is 0.388 e. The zero-order chi connectivity index (χ0) is 14.8. The molecule has 20 heavy (non-hydrogen) atoms. The summed E-state index contributed by atoms with van der Waals surface area (Å²) in [6.07, 6.45) is 0.992. The van der Waals surface area contributed by atoms with E-state index in [1.165, 1.54) is 27.9 Å². The van der Waals surface area contributed by atoms with Crippen molar-refractivity contribution in [3.05, 3.63) is 64.7 Å². The van der Waals surface area contributed by atoms with Gasteiger partial charge in [-0.1, -0.05) is 51.1 Å². The molecule has 0 fully saturated rings. The molecule has 0 radical (unpaired) electrons. The van der Waals surface area contributed by atoms with Crippen molar-refractivity contribution in [3.8, 4) is 0 Å². The van der Waals surface area contributed by atoms with Gasteiger partial charge in [0.25, 0.3) is 0 Å². The van der Waals surface area contributed by atoms with Crippen LogP contribution in [0.5, 0.6) is 0 Å². The van der Waals surface area contributed by atoms with Gasteiger partial charge in [-0.3, -0.25) is 0 Å². The van der Waals surface area contributed by atoms with Crippen LogP contribution in [0.2, 0.25) is 0 Å². The fourth-order valence-electron chi connectivity index (χ4n) is 2.42. The normalized spacial score (nSPS) is 11.4. The van der Waals surface area contributed by atoms with Crippen molar-refractivity contribution in [2.75, 3.05) is 12.4 Å². The van der Waals surface area contributed by atoms with Gasteiger partial charge in [-0.2, -0.15) is 0 Å². The predicted octanol–water partition coefficient (Wildman–Crippen LogP) is 4.93. The Morgan fingerprint density at radius 1 is 1.00 bits per heavy atom. The molecule has 0 spiro atoms. The van der Waals surface area contributed by atoms with Crippen LogP contribution >= 0.6 is 0 Å². The van der Waals surface area contributed by atoms with Gasteiger partial charge in [-0.15, -0.1) is 0 Å². The summed E-state index contributed by atoms with van der Waals surface area (Å²) in [6, 6.07) is 15.5. The van der Waals surface area contributed by atoms with Crippen LogP contribution in [0.1, 0.15) is 43.0 Å². The molecule has 0 bridgehead atoms. The molecule has 0 heterocycles. The number of hydrogen-bond donors (Lipinski definition) is 1. The summed E-state index contributed by atoms with van der Waals surface area (Å²) in [6.45, 7) is 9.00. The smallest absolute Gasteiger partial charge is 0.0340 e. The summed E-state index contributed by atoms with van der Waals surface area (Å²) in [7, 11) is 1.96. The van der Waals surface area contributed by atoms with Crippen LogP contribution in [0.25, 0.3) is 0 Å². The van der Waals surface area contributed by atoms with Gasteiger partial charge >= 0.3 is 0 Å². The molecule has 1 nitrogen and oxygen atoms in total. The SMILES string of the molecule is CNc1cccc(Cc2ccc(C(C)(C)C)cc2C)c1. The summed E-state index contributed by atoms with van der Waals surface area (Å²) in [5.41, 5.74) is 6.94. The van der Waals surface area contributed by atoms with Crippen LogP contribution in [0, 0.1) is 6.92 Å². The molecule has 0 saturated carbocycles. The lowest BCUT2D eigenvalue weighted by Gasteiger charge is -2.20. The van der Waals surface area contributed by atoms with Crippen LogP contribution in [-0.2, 0) is 11.8 Å². The van der Waals surface area contributed by atoms with Crippen molar-refractivity contribution in [3.63, 3.8) is 0 Å². The number of benzene rings is 2. The monoisotopic (exact) mass is 267 g/mol. The number of aryl methyl sites for hydroxylation is 1. The highest BCUT2D eigenvalue weighted by Gasteiger charge is 2.14. The van der Waals surface area contributed by atoms with E-state index in [1.54, 1.807) is 0 Å². The van der Waals surface area contributed by atoms with Gasteiger partial charge in [-0.05, 0) is 53.1 Å². The molecule has 106 valence electrons. The minimum atomic E-state index is 0.218. The van der Waals surface area contributed by atoms with Gasteiger partial charge in [0, 0.05) is 12.7 Å². The van der Waals surface area contributed by atoms with Gasteiger partial charge in [0.05, 0.1) is 0 Å². The summed E-state index contributed by atoms with van der Waals surface area (Å²) < 4.78 is 0. The van der Waals surface area contributed by atoms with Crippen molar-refractivity contribution < 1.29 is 0 Å². The van der Waals surface area contributed by atoms with E-state index in [2.05, 4.69) is 75.5 Å². The quantitative estimate of drug-likeness (QED) is 0.832. The highest BCUT2D eigenvalue weighted by Crippen LogP contribution is 2.25. The summed E-state index contributed by atoms with van der Waals surface area (Å²) in [4.78, 5) is 0. The molecule has 2 aromatic carbocycles. The Morgan fingerprint density at radius 3 is 2.35 bits per heavy atom. The molecule has 0 aliphatic heterocycles. The first-order valence-electron chi connectivity index (χ1n) is 7.27.